The van der Waals surface area contributed by atoms with Crippen molar-refractivity contribution in [2.45, 2.75) is 30.1 Å². The van der Waals surface area contributed by atoms with E-state index in [1.807, 2.05) is 6.07 Å². The van der Waals surface area contributed by atoms with Crippen molar-refractivity contribution in [3.8, 4) is 0 Å². The highest BCUT2D eigenvalue weighted by Gasteiger charge is 2.27. The first kappa shape index (κ1) is 13.1. The number of thiophene rings is 1. The summed E-state index contributed by atoms with van der Waals surface area (Å²) in [5.74, 6) is 0.0211. The Bertz CT molecular complexity index is 387. The van der Waals surface area contributed by atoms with Gasteiger partial charge < -0.3 is 5.32 Å². The van der Waals surface area contributed by atoms with Crippen molar-refractivity contribution in [3.05, 3.63) is 19.2 Å². The summed E-state index contributed by atoms with van der Waals surface area (Å²) < 4.78 is 1.89. The number of halogens is 3. The molecule has 1 aliphatic rings. The third-order valence-corrected chi connectivity index (χ3v) is 6.97. The highest BCUT2D eigenvalue weighted by molar-refractivity contribution is 9.13. The van der Waals surface area contributed by atoms with E-state index in [0.717, 1.165) is 26.0 Å². The smallest absolute Gasteiger partial charge is 0.261 e. The molecule has 1 aliphatic carbocycles. The molecule has 0 aromatic carbocycles. The zero-order valence-electron chi connectivity index (χ0n) is 8.30. The molecule has 2 rings (SSSR count). The summed E-state index contributed by atoms with van der Waals surface area (Å²) in [6, 6.07) is 2.12. The largest absolute Gasteiger partial charge is 0.347 e. The van der Waals surface area contributed by atoms with Crippen LogP contribution in [0.4, 0.5) is 0 Å². The molecule has 0 saturated heterocycles. The predicted molar refractivity (Wildman–Crippen MR) is 77.5 cm³/mol. The maximum Gasteiger partial charge on any atom is 0.261 e. The molecule has 0 bridgehead atoms. The van der Waals surface area contributed by atoms with Gasteiger partial charge in [-0.15, -0.1) is 11.3 Å². The van der Waals surface area contributed by atoms with Gasteiger partial charge in [-0.25, -0.2) is 0 Å². The van der Waals surface area contributed by atoms with Crippen LogP contribution >= 0.6 is 59.1 Å². The van der Waals surface area contributed by atoms with Crippen LogP contribution in [-0.2, 0) is 0 Å². The maximum absolute atomic E-state index is 11.9. The normalized spacial score (nSPS) is 24.7. The molecule has 16 heavy (non-hydrogen) atoms. The van der Waals surface area contributed by atoms with Crippen LogP contribution < -0.4 is 5.32 Å². The van der Waals surface area contributed by atoms with Crippen LogP contribution in [0.15, 0.2) is 14.3 Å². The van der Waals surface area contributed by atoms with Crippen molar-refractivity contribution < 1.29 is 4.79 Å². The van der Waals surface area contributed by atoms with Crippen LogP contribution in [0.25, 0.3) is 0 Å². The molecule has 88 valence electrons. The molecule has 0 aliphatic heterocycles. The molecule has 1 fully saturated rings. The second-order valence-electron chi connectivity index (χ2n) is 3.76. The lowest BCUT2D eigenvalue weighted by Gasteiger charge is -2.15. The molecular formula is C10H10Br3NOS. The van der Waals surface area contributed by atoms with Gasteiger partial charge in [0.25, 0.3) is 5.91 Å². The van der Waals surface area contributed by atoms with Crippen molar-refractivity contribution in [3.63, 3.8) is 0 Å². The first-order valence-electron chi connectivity index (χ1n) is 4.97. The lowest BCUT2D eigenvalue weighted by Crippen LogP contribution is -2.37. The van der Waals surface area contributed by atoms with Crippen LogP contribution in [0.5, 0.6) is 0 Å². The van der Waals surface area contributed by atoms with E-state index in [1.165, 1.54) is 17.8 Å². The van der Waals surface area contributed by atoms with E-state index >= 15 is 0 Å². The van der Waals surface area contributed by atoms with Crippen molar-refractivity contribution in [2.24, 2.45) is 0 Å². The third kappa shape index (κ3) is 2.89. The number of nitrogens with one attached hydrogen (secondary N) is 1. The van der Waals surface area contributed by atoms with Gasteiger partial charge in [0, 0.05) is 15.3 Å². The Labute approximate surface area is 124 Å². The zero-order valence-corrected chi connectivity index (χ0v) is 13.9. The monoisotopic (exact) mass is 429 g/mol. The first-order chi connectivity index (χ1) is 7.58. The van der Waals surface area contributed by atoms with Gasteiger partial charge in [-0.3, -0.25) is 4.79 Å². The van der Waals surface area contributed by atoms with E-state index in [0.29, 0.717) is 4.83 Å². The fourth-order valence-electron chi connectivity index (χ4n) is 1.78. The summed E-state index contributed by atoms with van der Waals surface area (Å²) >= 11 is 11.8. The fourth-order valence-corrected chi connectivity index (χ4v) is 4.43. The Morgan fingerprint density at radius 3 is 2.69 bits per heavy atom. The van der Waals surface area contributed by atoms with Crippen molar-refractivity contribution in [1.82, 2.24) is 5.32 Å². The molecular weight excluding hydrogens is 422 g/mol. The molecule has 2 nitrogen and oxygen atoms in total. The van der Waals surface area contributed by atoms with E-state index in [1.54, 1.807) is 0 Å². The Morgan fingerprint density at radius 2 is 2.19 bits per heavy atom. The molecule has 2 atom stereocenters. The van der Waals surface area contributed by atoms with Crippen LogP contribution in [0, 0.1) is 0 Å². The average molecular weight is 432 g/mol. The second kappa shape index (κ2) is 5.50. The minimum atomic E-state index is 0.0211. The van der Waals surface area contributed by atoms with Gasteiger partial charge in [0.1, 0.15) is 0 Å². The molecule has 1 heterocycles. The number of carbonyl (C=O) groups is 1. The number of amides is 1. The Balaban J connectivity index is 2.02. The van der Waals surface area contributed by atoms with Crippen molar-refractivity contribution >= 4 is 65.0 Å². The van der Waals surface area contributed by atoms with Gasteiger partial charge in [0.15, 0.2) is 0 Å². The van der Waals surface area contributed by atoms with Crippen LogP contribution in [0.2, 0.25) is 0 Å². The van der Waals surface area contributed by atoms with Crippen molar-refractivity contribution in [2.75, 3.05) is 0 Å². The Kier molecular flexibility index (Phi) is 4.49. The van der Waals surface area contributed by atoms with E-state index in [-0.39, 0.29) is 11.9 Å². The van der Waals surface area contributed by atoms with Gasteiger partial charge in [-0.2, -0.15) is 0 Å². The van der Waals surface area contributed by atoms with E-state index in [2.05, 4.69) is 53.1 Å². The Morgan fingerprint density at radius 1 is 1.44 bits per heavy atom. The van der Waals surface area contributed by atoms with E-state index in [4.69, 9.17) is 0 Å². The topological polar surface area (TPSA) is 29.1 Å². The van der Waals surface area contributed by atoms with Crippen LogP contribution in [0.3, 0.4) is 0 Å². The quantitative estimate of drug-likeness (QED) is 0.694. The van der Waals surface area contributed by atoms with Gasteiger partial charge in [0.05, 0.1) is 8.66 Å². The minimum Gasteiger partial charge on any atom is -0.347 e. The average Bonchev–Trinajstić information content (AvgIpc) is 2.76. The number of alkyl halides is 1. The predicted octanol–water partition coefficient (Wildman–Crippen LogP) is 4.32. The SMILES string of the molecule is O=C(NC1CCCC1Br)c1cc(Br)c(Br)s1. The molecule has 1 N–H and O–H groups in total. The summed E-state index contributed by atoms with van der Waals surface area (Å²) in [4.78, 5) is 13.1. The summed E-state index contributed by atoms with van der Waals surface area (Å²) in [6.07, 6.45) is 3.39. The number of hydrogen-bond acceptors (Lipinski definition) is 2. The molecule has 0 spiro atoms. The molecule has 6 heteroatoms. The van der Waals surface area contributed by atoms with Crippen LogP contribution in [0.1, 0.15) is 28.9 Å². The standard InChI is InChI=1S/C10H10Br3NOS/c11-5-2-1-3-7(5)14-10(15)8-4-6(12)9(13)16-8/h4-5,7H,1-3H2,(H,14,15). The van der Waals surface area contributed by atoms with E-state index < -0.39 is 0 Å². The number of rotatable bonds is 2. The van der Waals surface area contributed by atoms with E-state index in [9.17, 15) is 4.79 Å². The number of carbonyl (C=O) groups excluding carboxylic acids is 1. The molecule has 1 amide bonds. The molecule has 1 saturated carbocycles. The highest BCUT2D eigenvalue weighted by Crippen LogP contribution is 2.33. The summed E-state index contributed by atoms with van der Waals surface area (Å²) in [5, 5.41) is 3.07. The molecule has 0 radical (unpaired) electrons. The molecule has 1 aromatic heterocycles. The second-order valence-corrected chi connectivity index (χ2v) is 8.16. The van der Waals surface area contributed by atoms with Gasteiger partial charge in [0.2, 0.25) is 0 Å². The first-order valence-corrected chi connectivity index (χ1v) is 8.29. The number of hydrogen-bond donors (Lipinski definition) is 1. The summed E-state index contributed by atoms with van der Waals surface area (Å²) in [7, 11) is 0. The molecule has 1 aromatic rings. The zero-order chi connectivity index (χ0) is 11.7. The van der Waals surface area contributed by atoms with Crippen molar-refractivity contribution in [1.29, 1.82) is 0 Å². The summed E-state index contributed by atoms with van der Waals surface area (Å²) in [5.41, 5.74) is 0. The Hall–Kier alpha value is 0.610. The fraction of sp³-hybridized carbons (Fsp3) is 0.500. The maximum atomic E-state index is 11.9. The van der Waals surface area contributed by atoms with Crippen LogP contribution in [-0.4, -0.2) is 16.8 Å². The van der Waals surface area contributed by atoms with Gasteiger partial charge >= 0.3 is 0 Å². The molecule has 2 unspecified atom stereocenters. The summed E-state index contributed by atoms with van der Waals surface area (Å²) in [6.45, 7) is 0. The minimum absolute atomic E-state index is 0.0211. The third-order valence-electron chi connectivity index (χ3n) is 2.62. The lowest BCUT2D eigenvalue weighted by molar-refractivity contribution is 0.0943. The van der Waals surface area contributed by atoms with Gasteiger partial charge in [-0.05, 0) is 50.8 Å². The van der Waals surface area contributed by atoms with Gasteiger partial charge in [-0.1, -0.05) is 22.4 Å². The lowest BCUT2D eigenvalue weighted by atomic mass is 10.2. The highest BCUT2D eigenvalue weighted by atomic mass is 79.9.